The molecule has 1 amide bonds. The summed E-state index contributed by atoms with van der Waals surface area (Å²) in [4.78, 5) is 12.0. The van der Waals surface area contributed by atoms with Crippen LogP contribution in [0.2, 0.25) is 0 Å². The molecule has 0 fully saturated rings. The summed E-state index contributed by atoms with van der Waals surface area (Å²) in [5.74, 6) is 0.972. The molecule has 0 unspecified atom stereocenters. The first-order valence-electron chi connectivity index (χ1n) is 8.02. The van der Waals surface area contributed by atoms with Gasteiger partial charge in [0, 0.05) is 13.0 Å². The van der Waals surface area contributed by atoms with E-state index in [1.165, 1.54) is 28.7 Å². The maximum absolute atomic E-state index is 12.0. The van der Waals surface area contributed by atoms with Gasteiger partial charge in [-0.1, -0.05) is 59.5 Å². The highest BCUT2D eigenvalue weighted by atomic mass is 32.2. The molecule has 0 aliphatic carbocycles. The van der Waals surface area contributed by atoms with Gasteiger partial charge >= 0.3 is 0 Å². The van der Waals surface area contributed by atoms with Gasteiger partial charge in [0.05, 0.1) is 5.75 Å². The number of nitrogens with one attached hydrogen (secondary N) is 1. The Bertz CT molecular complexity index is 848. The molecule has 0 spiro atoms. The third-order valence-electron chi connectivity index (χ3n) is 3.52. The smallest absolute Gasteiger partial charge is 0.236 e. The van der Waals surface area contributed by atoms with E-state index in [1.54, 1.807) is 11.6 Å². The van der Waals surface area contributed by atoms with Gasteiger partial charge in [-0.2, -0.15) is 0 Å². The fourth-order valence-corrected chi connectivity index (χ4v) is 3.56. The van der Waals surface area contributed by atoms with E-state index in [9.17, 15) is 4.79 Å². The molecule has 1 aromatic carbocycles. The summed E-state index contributed by atoms with van der Waals surface area (Å²) in [5.41, 5.74) is 2.83. The van der Waals surface area contributed by atoms with Gasteiger partial charge in [-0.15, -0.1) is 27.0 Å². The van der Waals surface area contributed by atoms with E-state index < -0.39 is 0 Å². The summed E-state index contributed by atoms with van der Waals surface area (Å²) in [6.07, 6.45) is 3.47. The lowest BCUT2D eigenvalue weighted by Gasteiger charge is -2.07. The molecule has 0 aliphatic heterocycles. The first-order chi connectivity index (χ1) is 12.8. The summed E-state index contributed by atoms with van der Waals surface area (Å²) < 4.78 is 2.00. The van der Waals surface area contributed by atoms with E-state index >= 15 is 0 Å². The van der Waals surface area contributed by atoms with Gasteiger partial charge in [0.1, 0.15) is 11.3 Å². The Morgan fingerprint density at radius 2 is 2.08 bits per heavy atom. The predicted molar refractivity (Wildman–Crippen MR) is 103 cm³/mol. The summed E-state index contributed by atoms with van der Waals surface area (Å²) in [6.45, 7) is 4.41. The topological polar surface area (TPSA) is 85.6 Å². The van der Waals surface area contributed by atoms with Crippen LogP contribution in [0.1, 0.15) is 11.4 Å². The van der Waals surface area contributed by atoms with Gasteiger partial charge in [-0.3, -0.25) is 10.1 Å². The molecule has 0 saturated carbocycles. The molecular weight excluding hydrogens is 368 g/mol. The van der Waals surface area contributed by atoms with Crippen molar-refractivity contribution in [1.29, 1.82) is 0 Å². The lowest BCUT2D eigenvalue weighted by molar-refractivity contribution is -0.113. The molecule has 134 valence electrons. The monoisotopic (exact) mass is 386 g/mol. The third kappa shape index (κ3) is 4.99. The highest BCUT2D eigenvalue weighted by molar-refractivity contribution is 7.99. The third-order valence-corrected chi connectivity index (χ3v) is 5.10. The van der Waals surface area contributed by atoms with E-state index in [0.29, 0.717) is 16.8 Å². The summed E-state index contributed by atoms with van der Waals surface area (Å²) >= 11 is 2.63. The zero-order valence-electron chi connectivity index (χ0n) is 14.0. The molecule has 9 heteroatoms. The van der Waals surface area contributed by atoms with E-state index in [0.717, 1.165) is 18.7 Å². The fraction of sp³-hybridized carbons (Fsp3) is 0.235. The van der Waals surface area contributed by atoms with Crippen LogP contribution < -0.4 is 5.32 Å². The standard InChI is InChI=1S/C17H18N6OS2/c1-2-10-23-14(9-8-13-6-4-3-5-7-13)20-22-17(23)25-11-15(24)19-16-21-18-12-26-16/h2-7,12H,1,8-11H2,(H,19,21,24). The number of amides is 1. The molecule has 2 heterocycles. The van der Waals surface area contributed by atoms with E-state index in [-0.39, 0.29) is 11.7 Å². The highest BCUT2D eigenvalue weighted by Crippen LogP contribution is 2.19. The maximum Gasteiger partial charge on any atom is 0.236 e. The van der Waals surface area contributed by atoms with Crippen LogP contribution >= 0.6 is 23.1 Å². The second-order valence-corrected chi connectivity index (χ2v) is 7.14. The van der Waals surface area contributed by atoms with Crippen LogP contribution in [0.3, 0.4) is 0 Å². The molecule has 0 radical (unpaired) electrons. The van der Waals surface area contributed by atoms with Crippen molar-refractivity contribution in [3.05, 3.63) is 59.9 Å². The number of hydrogen-bond donors (Lipinski definition) is 1. The number of aromatic nitrogens is 5. The van der Waals surface area contributed by atoms with Crippen LogP contribution in [-0.4, -0.2) is 36.6 Å². The Kier molecular flexibility index (Phi) is 6.50. The average Bonchev–Trinajstić information content (AvgIpc) is 3.30. The van der Waals surface area contributed by atoms with Gasteiger partial charge in [0.2, 0.25) is 11.0 Å². The molecule has 0 saturated heterocycles. The van der Waals surface area contributed by atoms with Gasteiger partial charge in [-0.05, 0) is 12.0 Å². The molecule has 1 N–H and O–H groups in total. The number of carbonyl (C=O) groups is 1. The maximum atomic E-state index is 12.0. The number of carbonyl (C=O) groups excluding carboxylic acids is 1. The first-order valence-corrected chi connectivity index (χ1v) is 9.88. The van der Waals surface area contributed by atoms with Crippen molar-refractivity contribution >= 4 is 34.1 Å². The van der Waals surface area contributed by atoms with Crippen molar-refractivity contribution in [1.82, 2.24) is 25.0 Å². The number of rotatable bonds is 9. The summed E-state index contributed by atoms with van der Waals surface area (Å²) in [6, 6.07) is 10.3. The number of anilines is 1. The minimum Gasteiger partial charge on any atom is -0.302 e. The number of benzene rings is 1. The Morgan fingerprint density at radius 1 is 1.23 bits per heavy atom. The Labute approximate surface area is 159 Å². The minimum absolute atomic E-state index is 0.147. The first kappa shape index (κ1) is 18.3. The Balaban J connectivity index is 1.60. The van der Waals surface area contributed by atoms with Gasteiger partial charge in [0.25, 0.3) is 0 Å². The second kappa shape index (κ2) is 9.25. The van der Waals surface area contributed by atoms with Crippen LogP contribution in [-0.2, 0) is 24.2 Å². The fourth-order valence-electron chi connectivity index (χ4n) is 2.34. The largest absolute Gasteiger partial charge is 0.302 e. The molecule has 3 rings (SSSR count). The molecule has 7 nitrogen and oxygen atoms in total. The zero-order chi connectivity index (χ0) is 18.2. The Morgan fingerprint density at radius 3 is 2.81 bits per heavy atom. The highest BCUT2D eigenvalue weighted by Gasteiger charge is 2.14. The number of thioether (sulfide) groups is 1. The van der Waals surface area contributed by atoms with Gasteiger partial charge < -0.3 is 4.57 Å². The molecule has 2 aromatic heterocycles. The van der Waals surface area contributed by atoms with Crippen molar-refractivity contribution in [3.63, 3.8) is 0 Å². The number of hydrogen-bond acceptors (Lipinski definition) is 7. The van der Waals surface area contributed by atoms with E-state index in [2.05, 4.69) is 44.4 Å². The number of allylic oxidation sites excluding steroid dienone is 1. The second-order valence-electron chi connectivity index (χ2n) is 5.36. The summed E-state index contributed by atoms with van der Waals surface area (Å²) in [7, 11) is 0. The van der Waals surface area contributed by atoms with Crippen molar-refractivity contribution < 1.29 is 4.79 Å². The SMILES string of the molecule is C=CCn1c(CCc2ccccc2)nnc1SCC(=O)Nc1nncs1. The van der Waals surface area contributed by atoms with Crippen LogP contribution in [0, 0.1) is 0 Å². The van der Waals surface area contributed by atoms with Crippen molar-refractivity contribution in [2.75, 3.05) is 11.1 Å². The van der Waals surface area contributed by atoms with Crippen molar-refractivity contribution in [3.8, 4) is 0 Å². The lowest BCUT2D eigenvalue weighted by Crippen LogP contribution is -2.14. The average molecular weight is 387 g/mol. The normalized spacial score (nSPS) is 10.6. The number of aryl methyl sites for hydroxylation is 2. The molecule has 0 aliphatic rings. The molecule has 3 aromatic rings. The van der Waals surface area contributed by atoms with Crippen LogP contribution in [0.15, 0.2) is 53.7 Å². The molecular formula is C17H18N6OS2. The minimum atomic E-state index is -0.147. The van der Waals surface area contributed by atoms with Crippen molar-refractivity contribution in [2.45, 2.75) is 24.5 Å². The predicted octanol–water partition coefficient (Wildman–Crippen LogP) is 2.83. The summed E-state index contributed by atoms with van der Waals surface area (Å²) in [5, 5.41) is 19.9. The van der Waals surface area contributed by atoms with E-state index in [4.69, 9.17) is 0 Å². The number of nitrogens with zero attached hydrogens (tertiary/aromatic N) is 5. The Hall–Kier alpha value is -2.52. The lowest BCUT2D eigenvalue weighted by atomic mass is 10.1. The van der Waals surface area contributed by atoms with Gasteiger partial charge in [0.15, 0.2) is 5.16 Å². The molecule has 0 bridgehead atoms. The van der Waals surface area contributed by atoms with E-state index in [1.807, 2.05) is 22.8 Å². The van der Waals surface area contributed by atoms with Crippen LogP contribution in [0.5, 0.6) is 0 Å². The molecule has 26 heavy (non-hydrogen) atoms. The van der Waals surface area contributed by atoms with Crippen molar-refractivity contribution in [2.24, 2.45) is 0 Å². The molecule has 0 atom stereocenters. The quantitative estimate of drug-likeness (QED) is 0.450. The van der Waals surface area contributed by atoms with Gasteiger partial charge in [-0.25, -0.2) is 0 Å². The van der Waals surface area contributed by atoms with Crippen LogP contribution in [0.25, 0.3) is 0 Å². The zero-order valence-corrected chi connectivity index (χ0v) is 15.7. The van der Waals surface area contributed by atoms with Crippen LogP contribution in [0.4, 0.5) is 5.13 Å².